The van der Waals surface area contributed by atoms with E-state index in [1.54, 1.807) is 0 Å². The SMILES string of the molecule is CCc1nc2cc(N)ccc2n1C(C)CSC. The van der Waals surface area contributed by atoms with Gasteiger partial charge >= 0.3 is 0 Å². The summed E-state index contributed by atoms with van der Waals surface area (Å²) in [6.45, 7) is 4.39. The maximum Gasteiger partial charge on any atom is 0.109 e. The summed E-state index contributed by atoms with van der Waals surface area (Å²) >= 11 is 1.87. The van der Waals surface area contributed by atoms with E-state index in [1.807, 2.05) is 23.9 Å². The summed E-state index contributed by atoms with van der Waals surface area (Å²) in [4.78, 5) is 4.67. The Hall–Kier alpha value is -1.16. The molecular weight excluding hydrogens is 230 g/mol. The molecule has 0 saturated heterocycles. The van der Waals surface area contributed by atoms with Crippen molar-refractivity contribution in [2.75, 3.05) is 17.7 Å². The lowest BCUT2D eigenvalue weighted by Crippen LogP contribution is -2.10. The van der Waals surface area contributed by atoms with Crippen LogP contribution in [0.3, 0.4) is 0 Å². The highest BCUT2D eigenvalue weighted by Gasteiger charge is 2.14. The van der Waals surface area contributed by atoms with Crippen molar-refractivity contribution in [3.05, 3.63) is 24.0 Å². The maximum absolute atomic E-state index is 5.81. The van der Waals surface area contributed by atoms with E-state index >= 15 is 0 Å². The van der Waals surface area contributed by atoms with Crippen LogP contribution in [0.5, 0.6) is 0 Å². The summed E-state index contributed by atoms with van der Waals surface area (Å²) in [6.07, 6.45) is 3.09. The van der Waals surface area contributed by atoms with Crippen LogP contribution in [0.4, 0.5) is 5.69 Å². The lowest BCUT2D eigenvalue weighted by molar-refractivity contribution is 0.597. The molecule has 1 atom stereocenters. The van der Waals surface area contributed by atoms with E-state index in [-0.39, 0.29) is 0 Å². The molecule has 2 rings (SSSR count). The van der Waals surface area contributed by atoms with Gasteiger partial charge < -0.3 is 10.3 Å². The minimum absolute atomic E-state index is 0.466. The second-order valence-electron chi connectivity index (χ2n) is 4.30. The molecule has 17 heavy (non-hydrogen) atoms. The Morgan fingerprint density at radius 2 is 2.24 bits per heavy atom. The van der Waals surface area contributed by atoms with Gasteiger partial charge in [-0.1, -0.05) is 6.92 Å². The molecule has 1 aromatic carbocycles. The average molecular weight is 249 g/mol. The zero-order chi connectivity index (χ0) is 12.4. The number of hydrogen-bond donors (Lipinski definition) is 1. The Balaban J connectivity index is 2.58. The molecule has 3 nitrogen and oxygen atoms in total. The van der Waals surface area contributed by atoms with Crippen molar-refractivity contribution in [3.63, 3.8) is 0 Å². The van der Waals surface area contributed by atoms with Gasteiger partial charge in [-0.25, -0.2) is 4.98 Å². The third kappa shape index (κ3) is 2.27. The summed E-state index contributed by atoms with van der Waals surface area (Å²) in [7, 11) is 0. The zero-order valence-electron chi connectivity index (χ0n) is 10.6. The van der Waals surface area contributed by atoms with Crippen molar-refractivity contribution in [3.8, 4) is 0 Å². The first kappa shape index (κ1) is 12.3. The van der Waals surface area contributed by atoms with Crippen molar-refractivity contribution in [2.24, 2.45) is 0 Å². The Morgan fingerprint density at radius 3 is 2.88 bits per heavy atom. The van der Waals surface area contributed by atoms with Crippen LogP contribution in [0.1, 0.15) is 25.7 Å². The van der Waals surface area contributed by atoms with Gasteiger partial charge in [-0.3, -0.25) is 0 Å². The summed E-state index contributed by atoms with van der Waals surface area (Å²) in [6, 6.07) is 6.45. The van der Waals surface area contributed by atoms with Crippen molar-refractivity contribution in [1.29, 1.82) is 0 Å². The molecule has 2 aromatic rings. The molecule has 1 unspecified atom stereocenters. The minimum atomic E-state index is 0.466. The number of thioether (sulfide) groups is 1. The van der Waals surface area contributed by atoms with Gasteiger partial charge in [0.1, 0.15) is 5.82 Å². The van der Waals surface area contributed by atoms with Gasteiger partial charge in [0, 0.05) is 23.9 Å². The van der Waals surface area contributed by atoms with Crippen LogP contribution in [0.25, 0.3) is 11.0 Å². The summed E-state index contributed by atoms with van der Waals surface area (Å²) in [5.41, 5.74) is 8.79. The highest BCUT2D eigenvalue weighted by molar-refractivity contribution is 7.98. The molecule has 0 aliphatic rings. The van der Waals surface area contributed by atoms with Crippen LogP contribution in [0.15, 0.2) is 18.2 Å². The molecular formula is C13H19N3S. The number of benzene rings is 1. The Labute approximate surface area is 106 Å². The first-order chi connectivity index (χ1) is 8.17. The number of hydrogen-bond acceptors (Lipinski definition) is 3. The standard InChI is InChI=1S/C13H19N3S/c1-4-13-15-11-7-10(14)5-6-12(11)16(13)9(2)8-17-3/h5-7,9H,4,8,14H2,1-3H3. The zero-order valence-corrected chi connectivity index (χ0v) is 11.4. The van der Waals surface area contributed by atoms with Gasteiger partial charge in [0.25, 0.3) is 0 Å². The summed E-state index contributed by atoms with van der Waals surface area (Å²) < 4.78 is 2.34. The molecule has 4 heteroatoms. The molecule has 0 saturated carbocycles. The lowest BCUT2D eigenvalue weighted by atomic mass is 10.2. The van der Waals surface area contributed by atoms with E-state index in [0.717, 1.165) is 29.2 Å². The largest absolute Gasteiger partial charge is 0.399 e. The number of imidazole rings is 1. The van der Waals surface area contributed by atoms with Crippen molar-refractivity contribution in [1.82, 2.24) is 9.55 Å². The van der Waals surface area contributed by atoms with E-state index in [0.29, 0.717) is 6.04 Å². The van der Waals surface area contributed by atoms with Gasteiger partial charge in [-0.2, -0.15) is 11.8 Å². The van der Waals surface area contributed by atoms with Crippen molar-refractivity contribution >= 4 is 28.5 Å². The smallest absolute Gasteiger partial charge is 0.109 e. The minimum Gasteiger partial charge on any atom is -0.399 e. The van der Waals surface area contributed by atoms with Crippen LogP contribution in [-0.4, -0.2) is 21.6 Å². The summed E-state index contributed by atoms with van der Waals surface area (Å²) in [5.74, 6) is 2.25. The second-order valence-corrected chi connectivity index (χ2v) is 5.21. The first-order valence-corrected chi connectivity index (χ1v) is 7.32. The molecule has 92 valence electrons. The van der Waals surface area contributed by atoms with Gasteiger partial charge in [-0.05, 0) is 31.4 Å². The van der Waals surface area contributed by atoms with E-state index in [9.17, 15) is 0 Å². The molecule has 0 spiro atoms. The predicted molar refractivity (Wildman–Crippen MR) is 76.6 cm³/mol. The lowest BCUT2D eigenvalue weighted by Gasteiger charge is -2.16. The topological polar surface area (TPSA) is 43.8 Å². The van der Waals surface area contributed by atoms with E-state index in [2.05, 4.69) is 35.7 Å². The third-order valence-electron chi connectivity index (χ3n) is 2.95. The van der Waals surface area contributed by atoms with Gasteiger partial charge in [0.2, 0.25) is 0 Å². The number of nitrogen functional groups attached to an aromatic ring is 1. The maximum atomic E-state index is 5.81. The summed E-state index contributed by atoms with van der Waals surface area (Å²) in [5, 5.41) is 0. The van der Waals surface area contributed by atoms with Crippen LogP contribution in [0.2, 0.25) is 0 Å². The monoisotopic (exact) mass is 249 g/mol. The van der Waals surface area contributed by atoms with E-state index in [1.165, 1.54) is 5.52 Å². The molecule has 2 N–H and O–H groups in total. The number of aryl methyl sites for hydroxylation is 1. The molecule has 0 aliphatic heterocycles. The number of nitrogens with zero attached hydrogens (tertiary/aromatic N) is 2. The normalized spacial score (nSPS) is 13.1. The van der Waals surface area contributed by atoms with Crippen LogP contribution < -0.4 is 5.73 Å². The van der Waals surface area contributed by atoms with Gasteiger partial charge in [0.05, 0.1) is 11.0 Å². The van der Waals surface area contributed by atoms with Gasteiger partial charge in [0.15, 0.2) is 0 Å². The average Bonchev–Trinajstić information content (AvgIpc) is 2.66. The van der Waals surface area contributed by atoms with Crippen LogP contribution in [0, 0.1) is 0 Å². The quantitative estimate of drug-likeness (QED) is 0.847. The van der Waals surface area contributed by atoms with Crippen molar-refractivity contribution < 1.29 is 0 Å². The molecule has 0 radical (unpaired) electrons. The molecule has 1 aromatic heterocycles. The molecule has 0 fully saturated rings. The van der Waals surface area contributed by atoms with Crippen molar-refractivity contribution in [2.45, 2.75) is 26.3 Å². The Bertz CT molecular complexity index is 519. The molecule has 0 aliphatic carbocycles. The Morgan fingerprint density at radius 1 is 1.47 bits per heavy atom. The number of anilines is 1. The highest BCUT2D eigenvalue weighted by Crippen LogP contribution is 2.24. The molecule has 0 amide bonds. The van der Waals surface area contributed by atoms with E-state index < -0.39 is 0 Å². The number of nitrogens with two attached hydrogens (primary N) is 1. The first-order valence-electron chi connectivity index (χ1n) is 5.92. The predicted octanol–water partition coefficient (Wildman–Crippen LogP) is 3.10. The van der Waals surface area contributed by atoms with Crippen LogP contribution >= 0.6 is 11.8 Å². The number of aromatic nitrogens is 2. The van der Waals surface area contributed by atoms with Crippen LogP contribution in [-0.2, 0) is 6.42 Å². The Kier molecular flexibility index (Phi) is 3.62. The van der Waals surface area contributed by atoms with Gasteiger partial charge in [-0.15, -0.1) is 0 Å². The third-order valence-corrected chi connectivity index (χ3v) is 3.77. The fourth-order valence-corrected chi connectivity index (χ4v) is 2.85. The fraction of sp³-hybridized carbons (Fsp3) is 0.462. The number of fused-ring (bicyclic) bond motifs is 1. The highest BCUT2D eigenvalue weighted by atomic mass is 32.2. The second kappa shape index (κ2) is 5.00. The fourth-order valence-electron chi connectivity index (χ4n) is 2.22. The molecule has 0 bridgehead atoms. The van der Waals surface area contributed by atoms with E-state index in [4.69, 9.17) is 5.73 Å². The molecule has 1 heterocycles. The number of rotatable bonds is 4.